The normalized spacial score (nSPS) is 12.4. The van der Waals surface area contributed by atoms with E-state index in [-0.39, 0.29) is 24.5 Å². The molecule has 0 aliphatic heterocycles. The number of fused-ring (bicyclic) bond motifs is 1. The van der Waals surface area contributed by atoms with Gasteiger partial charge in [0.05, 0.1) is 0 Å². The fourth-order valence-corrected chi connectivity index (χ4v) is 4.97. The van der Waals surface area contributed by atoms with E-state index in [1.807, 2.05) is 87.6 Å². The highest BCUT2D eigenvalue weighted by Crippen LogP contribution is 2.28. The van der Waals surface area contributed by atoms with Crippen LogP contribution in [0.25, 0.3) is 10.9 Å². The molecule has 3 N–H and O–H groups in total. The molecule has 0 saturated heterocycles. The summed E-state index contributed by atoms with van der Waals surface area (Å²) in [4.78, 5) is 29.9. The molecular weight excluding hydrogens is 502 g/mol. The number of carbonyl (C=O) groups is 2. The molecule has 7 nitrogen and oxygen atoms in total. The maximum atomic E-state index is 13.4. The van der Waals surface area contributed by atoms with Gasteiger partial charge in [0.1, 0.15) is 5.60 Å². The van der Waals surface area contributed by atoms with Crippen molar-refractivity contribution in [1.29, 1.82) is 0 Å². The number of nitrogens with one attached hydrogen (secondary N) is 2. The Hall–Kier alpha value is -4.10. The summed E-state index contributed by atoms with van der Waals surface area (Å²) in [6, 6.07) is 28.2. The van der Waals surface area contributed by atoms with Crippen LogP contribution in [0.15, 0.2) is 91.1 Å². The van der Waals surface area contributed by atoms with E-state index < -0.39 is 11.6 Å². The number of aliphatic carboxylic acids is 1. The van der Waals surface area contributed by atoms with Crippen LogP contribution >= 0.6 is 0 Å². The first kappa shape index (κ1) is 28.9. The minimum atomic E-state index is -0.837. The lowest BCUT2D eigenvalue weighted by Crippen LogP contribution is -2.43. The van der Waals surface area contributed by atoms with Gasteiger partial charge in [-0.05, 0) is 49.9 Å². The van der Waals surface area contributed by atoms with Crippen LogP contribution in [-0.4, -0.2) is 52.3 Å². The number of carboxylic acid groups (broad SMARTS) is 1. The number of ether oxygens (including phenoxy) is 1. The zero-order valence-corrected chi connectivity index (χ0v) is 23.5. The van der Waals surface area contributed by atoms with Gasteiger partial charge in [-0.25, -0.2) is 4.79 Å². The third kappa shape index (κ3) is 7.96. The van der Waals surface area contributed by atoms with Gasteiger partial charge in [0.2, 0.25) is 0 Å². The second-order valence-corrected chi connectivity index (χ2v) is 11.0. The molecular formula is C33H39N3O4. The smallest absolute Gasteiger partial charge is 0.410 e. The molecule has 7 heteroatoms. The SMILES string of the molecule is CC(C)(C)OC(=O)N(CCNC(CCC(=O)O)c1c[nH]c2ccccc12)CC(c1ccccc1)c1ccccc1. The number of hydrogen-bond acceptors (Lipinski definition) is 4. The standard InChI is InChI=1S/C33H39N3O4/c1-33(2,3)40-32(39)36(23-28(24-12-6-4-7-13-24)25-14-8-5-9-15-25)21-20-34-30(18-19-31(37)38)27-22-35-29-17-11-10-16-26(27)29/h4-17,22,28,30,34-35H,18-21,23H2,1-3H3,(H,37,38). The van der Waals surface area contributed by atoms with Crippen LogP contribution < -0.4 is 5.32 Å². The quantitative estimate of drug-likeness (QED) is 0.185. The number of benzene rings is 3. The second-order valence-electron chi connectivity index (χ2n) is 11.0. The van der Waals surface area contributed by atoms with E-state index in [1.165, 1.54) is 0 Å². The summed E-state index contributed by atoms with van der Waals surface area (Å²) in [5.74, 6) is -0.873. The molecule has 1 heterocycles. The van der Waals surface area contributed by atoms with Crippen LogP contribution in [0, 0.1) is 0 Å². The summed E-state index contributed by atoms with van der Waals surface area (Å²) >= 11 is 0. The predicted octanol–water partition coefficient (Wildman–Crippen LogP) is 6.73. The molecule has 1 aromatic heterocycles. The van der Waals surface area contributed by atoms with Crippen molar-refractivity contribution in [2.24, 2.45) is 0 Å². The number of carbonyl (C=O) groups excluding carboxylic acids is 1. The minimum absolute atomic E-state index is 0.0358. The van der Waals surface area contributed by atoms with Crippen LogP contribution in [0.2, 0.25) is 0 Å². The van der Waals surface area contributed by atoms with Crippen molar-refractivity contribution in [3.8, 4) is 0 Å². The maximum absolute atomic E-state index is 13.4. The van der Waals surface area contributed by atoms with E-state index in [0.29, 0.717) is 26.1 Å². The van der Waals surface area contributed by atoms with E-state index in [2.05, 4.69) is 34.6 Å². The summed E-state index contributed by atoms with van der Waals surface area (Å²) in [6.07, 6.45) is 2.04. The largest absolute Gasteiger partial charge is 0.481 e. The third-order valence-electron chi connectivity index (χ3n) is 6.87. The average Bonchev–Trinajstić information content (AvgIpc) is 3.36. The lowest BCUT2D eigenvalue weighted by molar-refractivity contribution is -0.137. The first-order valence-corrected chi connectivity index (χ1v) is 13.8. The van der Waals surface area contributed by atoms with Gasteiger partial charge in [0, 0.05) is 55.1 Å². The molecule has 3 aromatic carbocycles. The van der Waals surface area contributed by atoms with Crippen LogP contribution in [0.5, 0.6) is 0 Å². The Labute approximate surface area is 236 Å². The number of aromatic nitrogens is 1. The van der Waals surface area contributed by atoms with Crippen molar-refractivity contribution >= 4 is 23.0 Å². The third-order valence-corrected chi connectivity index (χ3v) is 6.87. The highest BCUT2D eigenvalue weighted by Gasteiger charge is 2.27. The van der Waals surface area contributed by atoms with E-state index in [0.717, 1.165) is 27.6 Å². The number of rotatable bonds is 12. The molecule has 0 aliphatic carbocycles. The van der Waals surface area contributed by atoms with Crippen molar-refractivity contribution in [2.45, 2.75) is 51.2 Å². The number of H-pyrrole nitrogens is 1. The van der Waals surface area contributed by atoms with Gasteiger partial charge in [-0.3, -0.25) is 4.79 Å². The fraction of sp³-hybridized carbons (Fsp3) is 0.333. The molecule has 0 fully saturated rings. The second kappa shape index (κ2) is 13.3. The van der Waals surface area contributed by atoms with Crippen molar-refractivity contribution in [3.63, 3.8) is 0 Å². The van der Waals surface area contributed by atoms with Crippen LogP contribution in [0.1, 0.15) is 62.3 Å². The molecule has 1 atom stereocenters. The molecule has 0 saturated carbocycles. The maximum Gasteiger partial charge on any atom is 0.410 e. The number of para-hydroxylation sites is 1. The first-order valence-electron chi connectivity index (χ1n) is 13.8. The number of carboxylic acids is 1. The molecule has 0 aliphatic rings. The lowest BCUT2D eigenvalue weighted by Gasteiger charge is -2.31. The number of nitrogens with zero attached hydrogens (tertiary/aromatic N) is 1. The highest BCUT2D eigenvalue weighted by molar-refractivity contribution is 5.83. The van der Waals surface area contributed by atoms with Gasteiger partial charge in [-0.15, -0.1) is 0 Å². The zero-order chi connectivity index (χ0) is 28.5. The number of hydrogen-bond donors (Lipinski definition) is 3. The lowest BCUT2D eigenvalue weighted by atomic mass is 9.91. The Morgan fingerprint density at radius 1 is 0.925 bits per heavy atom. The van der Waals surface area contributed by atoms with Gasteiger partial charge in [-0.1, -0.05) is 78.9 Å². The molecule has 4 aromatic rings. The van der Waals surface area contributed by atoms with Crippen molar-refractivity contribution in [1.82, 2.24) is 15.2 Å². The Bertz CT molecular complexity index is 1340. The summed E-state index contributed by atoms with van der Waals surface area (Å²) in [5.41, 5.74) is 3.63. The van der Waals surface area contributed by atoms with Gasteiger partial charge in [0.15, 0.2) is 0 Å². The molecule has 0 spiro atoms. The zero-order valence-electron chi connectivity index (χ0n) is 23.5. The van der Waals surface area contributed by atoms with Crippen molar-refractivity contribution in [2.75, 3.05) is 19.6 Å². The van der Waals surface area contributed by atoms with Crippen LogP contribution in [0.3, 0.4) is 0 Å². The van der Waals surface area contributed by atoms with Gasteiger partial charge in [-0.2, -0.15) is 0 Å². The summed E-state index contributed by atoms with van der Waals surface area (Å²) < 4.78 is 5.82. The molecule has 0 bridgehead atoms. The van der Waals surface area contributed by atoms with Crippen LogP contribution in [-0.2, 0) is 9.53 Å². The Kier molecular flexibility index (Phi) is 9.61. The number of aromatic amines is 1. The topological polar surface area (TPSA) is 94.7 Å². The van der Waals surface area contributed by atoms with Gasteiger partial charge in [0.25, 0.3) is 0 Å². The Morgan fingerprint density at radius 3 is 2.12 bits per heavy atom. The predicted molar refractivity (Wildman–Crippen MR) is 158 cm³/mol. The van der Waals surface area contributed by atoms with Gasteiger partial charge >= 0.3 is 12.1 Å². The molecule has 40 heavy (non-hydrogen) atoms. The molecule has 0 radical (unpaired) electrons. The van der Waals surface area contributed by atoms with Crippen molar-refractivity contribution < 1.29 is 19.4 Å². The summed E-state index contributed by atoms with van der Waals surface area (Å²) in [5, 5.41) is 14.0. The van der Waals surface area contributed by atoms with Crippen molar-refractivity contribution in [3.05, 3.63) is 108 Å². The molecule has 4 rings (SSSR count). The monoisotopic (exact) mass is 541 g/mol. The number of amides is 1. The molecule has 210 valence electrons. The highest BCUT2D eigenvalue weighted by atomic mass is 16.6. The van der Waals surface area contributed by atoms with E-state index >= 15 is 0 Å². The fourth-order valence-electron chi connectivity index (χ4n) is 4.97. The Morgan fingerprint density at radius 2 is 1.52 bits per heavy atom. The Balaban J connectivity index is 1.56. The summed E-state index contributed by atoms with van der Waals surface area (Å²) in [7, 11) is 0. The van der Waals surface area contributed by atoms with Gasteiger partial charge < -0.3 is 25.0 Å². The van der Waals surface area contributed by atoms with E-state index in [9.17, 15) is 14.7 Å². The minimum Gasteiger partial charge on any atom is -0.481 e. The average molecular weight is 542 g/mol. The van der Waals surface area contributed by atoms with E-state index in [4.69, 9.17) is 4.74 Å². The molecule has 1 unspecified atom stereocenters. The molecule has 1 amide bonds. The first-order chi connectivity index (χ1) is 19.2. The van der Waals surface area contributed by atoms with Crippen LogP contribution in [0.4, 0.5) is 4.79 Å². The summed E-state index contributed by atoms with van der Waals surface area (Å²) in [6.45, 7) is 6.91. The van der Waals surface area contributed by atoms with E-state index in [1.54, 1.807) is 4.90 Å².